The number of aromatic nitrogens is 1. The summed E-state index contributed by atoms with van der Waals surface area (Å²) in [6.07, 6.45) is 1.16. The van der Waals surface area contributed by atoms with Gasteiger partial charge in [0.2, 0.25) is 0 Å². The van der Waals surface area contributed by atoms with Gasteiger partial charge in [-0.2, -0.15) is 5.26 Å². The maximum atomic E-state index is 9.34. The van der Waals surface area contributed by atoms with Gasteiger partial charge in [-0.3, -0.25) is 4.98 Å². The second kappa shape index (κ2) is 5.58. The fraction of sp³-hybridized carbons (Fsp3) is 0.600. The second-order valence-corrected chi connectivity index (χ2v) is 5.32. The minimum Gasteiger partial charge on any atom is -0.369 e. The van der Waals surface area contributed by atoms with Crippen molar-refractivity contribution in [3.63, 3.8) is 0 Å². The van der Waals surface area contributed by atoms with Crippen molar-refractivity contribution in [1.82, 2.24) is 9.88 Å². The molecular weight excluding hydrogens is 236 g/mol. The lowest BCUT2D eigenvalue weighted by molar-refractivity contribution is 0.272. The number of hydrogen-bond donors (Lipinski definition) is 0. The van der Waals surface area contributed by atoms with E-state index in [0.717, 1.165) is 48.7 Å². The largest absolute Gasteiger partial charge is 0.369 e. The number of rotatable bonds is 3. The number of nitriles is 1. The SMILES string of the molecule is CCN(C)[C@@H]1CCN(c2cc(C)nc(C)c2C#N)C1. The van der Waals surface area contributed by atoms with Crippen molar-refractivity contribution >= 4 is 5.69 Å². The lowest BCUT2D eigenvalue weighted by atomic mass is 10.1. The van der Waals surface area contributed by atoms with Crippen LogP contribution in [-0.2, 0) is 0 Å². The van der Waals surface area contributed by atoms with Crippen LogP contribution in [0, 0.1) is 25.2 Å². The van der Waals surface area contributed by atoms with E-state index in [-0.39, 0.29) is 0 Å². The van der Waals surface area contributed by atoms with Gasteiger partial charge in [0, 0.05) is 24.8 Å². The smallest absolute Gasteiger partial charge is 0.103 e. The minimum atomic E-state index is 0.588. The minimum absolute atomic E-state index is 0.588. The summed E-state index contributed by atoms with van der Waals surface area (Å²) in [4.78, 5) is 9.10. The molecule has 0 aromatic carbocycles. The molecule has 1 atom stereocenters. The molecule has 1 fully saturated rings. The Bertz CT molecular complexity index is 504. The van der Waals surface area contributed by atoms with Crippen LogP contribution in [0.25, 0.3) is 0 Å². The van der Waals surface area contributed by atoms with Crippen LogP contribution in [-0.4, -0.2) is 42.6 Å². The number of anilines is 1. The van der Waals surface area contributed by atoms with Crippen molar-refractivity contribution in [2.24, 2.45) is 0 Å². The van der Waals surface area contributed by atoms with Crippen molar-refractivity contribution < 1.29 is 0 Å². The van der Waals surface area contributed by atoms with Gasteiger partial charge in [-0.1, -0.05) is 6.92 Å². The van der Waals surface area contributed by atoms with E-state index < -0.39 is 0 Å². The van der Waals surface area contributed by atoms with E-state index in [1.54, 1.807) is 0 Å². The molecule has 19 heavy (non-hydrogen) atoms. The summed E-state index contributed by atoms with van der Waals surface area (Å²) in [5, 5.41) is 9.34. The van der Waals surface area contributed by atoms with Gasteiger partial charge >= 0.3 is 0 Å². The molecule has 0 amide bonds. The molecule has 1 saturated heterocycles. The fourth-order valence-electron chi connectivity index (χ4n) is 2.77. The molecule has 1 aliphatic rings. The van der Waals surface area contributed by atoms with E-state index in [4.69, 9.17) is 0 Å². The topological polar surface area (TPSA) is 43.2 Å². The molecule has 4 heteroatoms. The fourth-order valence-corrected chi connectivity index (χ4v) is 2.77. The third-order valence-electron chi connectivity index (χ3n) is 4.05. The summed E-state index contributed by atoms with van der Waals surface area (Å²) in [5.41, 5.74) is 3.61. The van der Waals surface area contributed by atoms with E-state index in [1.807, 2.05) is 19.9 Å². The number of hydrogen-bond acceptors (Lipinski definition) is 4. The van der Waals surface area contributed by atoms with Crippen LogP contribution in [0.5, 0.6) is 0 Å². The van der Waals surface area contributed by atoms with Crippen LogP contribution >= 0.6 is 0 Å². The van der Waals surface area contributed by atoms with Crippen LogP contribution in [0.15, 0.2) is 6.07 Å². The highest BCUT2D eigenvalue weighted by atomic mass is 15.2. The number of aryl methyl sites for hydroxylation is 2. The lowest BCUT2D eigenvalue weighted by Crippen LogP contribution is -2.34. The predicted molar refractivity (Wildman–Crippen MR) is 77.3 cm³/mol. The van der Waals surface area contributed by atoms with E-state index in [0.29, 0.717) is 6.04 Å². The number of nitrogens with zero attached hydrogens (tertiary/aromatic N) is 4. The Morgan fingerprint density at radius 2 is 2.26 bits per heavy atom. The molecule has 0 aliphatic carbocycles. The Morgan fingerprint density at radius 1 is 1.53 bits per heavy atom. The zero-order chi connectivity index (χ0) is 14.0. The molecular formula is C15H22N4. The molecule has 0 spiro atoms. The molecule has 1 aromatic rings. The zero-order valence-electron chi connectivity index (χ0n) is 12.3. The summed E-state index contributed by atoms with van der Waals surface area (Å²) in [7, 11) is 2.17. The quantitative estimate of drug-likeness (QED) is 0.832. The molecule has 0 bridgehead atoms. The van der Waals surface area contributed by atoms with Crippen molar-refractivity contribution in [3.05, 3.63) is 23.0 Å². The average Bonchev–Trinajstić information content (AvgIpc) is 2.86. The van der Waals surface area contributed by atoms with Crippen molar-refractivity contribution in [1.29, 1.82) is 5.26 Å². The maximum Gasteiger partial charge on any atom is 0.103 e. The molecule has 1 aliphatic heterocycles. The Labute approximate surface area is 115 Å². The third-order valence-corrected chi connectivity index (χ3v) is 4.05. The summed E-state index contributed by atoms with van der Waals surface area (Å²) in [6.45, 7) is 9.18. The van der Waals surface area contributed by atoms with E-state index >= 15 is 0 Å². The maximum absolute atomic E-state index is 9.34. The van der Waals surface area contributed by atoms with Crippen molar-refractivity contribution in [3.8, 4) is 6.07 Å². The number of pyridine rings is 1. The second-order valence-electron chi connectivity index (χ2n) is 5.32. The summed E-state index contributed by atoms with van der Waals surface area (Å²) in [5.74, 6) is 0. The molecule has 2 heterocycles. The Morgan fingerprint density at radius 3 is 2.89 bits per heavy atom. The first-order valence-electron chi connectivity index (χ1n) is 6.90. The average molecular weight is 258 g/mol. The van der Waals surface area contributed by atoms with Crippen LogP contribution in [0.2, 0.25) is 0 Å². The zero-order valence-corrected chi connectivity index (χ0v) is 12.3. The van der Waals surface area contributed by atoms with Crippen LogP contribution < -0.4 is 4.90 Å². The van der Waals surface area contributed by atoms with E-state index in [2.05, 4.69) is 34.8 Å². The van der Waals surface area contributed by atoms with E-state index in [1.165, 1.54) is 0 Å². The van der Waals surface area contributed by atoms with Gasteiger partial charge < -0.3 is 9.80 Å². The first kappa shape index (κ1) is 13.8. The summed E-state index contributed by atoms with van der Waals surface area (Å²) >= 11 is 0. The molecule has 1 aromatic heterocycles. The molecule has 0 saturated carbocycles. The van der Waals surface area contributed by atoms with Crippen LogP contribution in [0.4, 0.5) is 5.69 Å². The lowest BCUT2D eigenvalue weighted by Gasteiger charge is -2.25. The Kier molecular flexibility index (Phi) is 4.06. The van der Waals surface area contributed by atoms with Crippen LogP contribution in [0.3, 0.4) is 0 Å². The van der Waals surface area contributed by atoms with Gasteiger partial charge in [0.05, 0.1) is 16.9 Å². The van der Waals surface area contributed by atoms with Gasteiger partial charge in [-0.15, -0.1) is 0 Å². The van der Waals surface area contributed by atoms with Gasteiger partial charge in [0.15, 0.2) is 0 Å². The van der Waals surface area contributed by atoms with Gasteiger partial charge in [0.1, 0.15) is 6.07 Å². The molecule has 0 N–H and O–H groups in total. The highest BCUT2D eigenvalue weighted by Gasteiger charge is 2.27. The monoisotopic (exact) mass is 258 g/mol. The predicted octanol–water partition coefficient (Wildman–Crippen LogP) is 2.10. The van der Waals surface area contributed by atoms with Crippen molar-refractivity contribution in [2.45, 2.75) is 33.2 Å². The van der Waals surface area contributed by atoms with Gasteiger partial charge in [-0.05, 0) is 39.9 Å². The Balaban J connectivity index is 2.27. The first-order valence-corrected chi connectivity index (χ1v) is 6.90. The van der Waals surface area contributed by atoms with Crippen LogP contribution in [0.1, 0.15) is 30.3 Å². The standard InChI is InChI=1S/C15H22N4/c1-5-18(4)13-6-7-19(10-13)15-8-11(2)17-12(3)14(15)9-16/h8,13H,5-7,10H2,1-4H3/t13-/m1/s1. The summed E-state index contributed by atoms with van der Waals surface area (Å²) in [6, 6.07) is 4.94. The molecule has 4 nitrogen and oxygen atoms in total. The highest BCUT2D eigenvalue weighted by molar-refractivity contribution is 5.62. The first-order chi connectivity index (χ1) is 9.06. The highest BCUT2D eigenvalue weighted by Crippen LogP contribution is 2.27. The summed E-state index contributed by atoms with van der Waals surface area (Å²) < 4.78 is 0. The Hall–Kier alpha value is -1.60. The van der Waals surface area contributed by atoms with Gasteiger partial charge in [-0.25, -0.2) is 0 Å². The molecule has 102 valence electrons. The van der Waals surface area contributed by atoms with E-state index in [9.17, 15) is 5.26 Å². The number of likely N-dealkylation sites (N-methyl/N-ethyl adjacent to an activating group) is 1. The normalized spacial score (nSPS) is 18.9. The molecule has 2 rings (SSSR count). The molecule has 0 radical (unpaired) electrons. The van der Waals surface area contributed by atoms with Crippen molar-refractivity contribution in [2.75, 3.05) is 31.6 Å². The molecule has 0 unspecified atom stereocenters. The van der Waals surface area contributed by atoms with Gasteiger partial charge in [0.25, 0.3) is 0 Å². The third kappa shape index (κ3) is 2.71.